The average molecular weight is 594 g/mol. The minimum absolute atomic E-state index is 0.198. The van der Waals surface area contributed by atoms with E-state index in [-0.39, 0.29) is 49.8 Å². The quantitative estimate of drug-likeness (QED) is 0.322. The lowest BCUT2D eigenvalue weighted by molar-refractivity contribution is -0.0237. The van der Waals surface area contributed by atoms with Crippen molar-refractivity contribution in [3.8, 4) is 17.2 Å². The number of piperidine rings is 1. The van der Waals surface area contributed by atoms with E-state index in [1.54, 1.807) is 43.2 Å². The number of carbonyl (C=O) groups excluding carboxylic acids is 3. The summed E-state index contributed by atoms with van der Waals surface area (Å²) >= 11 is 0. The SMILES string of the molecule is COCCOc1cc2cc(c1)C(=O)NCCNC(=O)N[C@H]1CCN(C(=O)c3n[nH]nc3C)C[C@@H]1OCc1cccc(c1)O2. The molecule has 2 atom stereocenters. The van der Waals surface area contributed by atoms with E-state index < -0.39 is 12.1 Å². The number of carbonyl (C=O) groups is 3. The van der Waals surface area contributed by atoms with Crippen LogP contribution >= 0.6 is 0 Å². The van der Waals surface area contributed by atoms with Gasteiger partial charge < -0.3 is 39.8 Å². The van der Waals surface area contributed by atoms with Gasteiger partial charge in [-0.1, -0.05) is 12.1 Å². The molecule has 228 valence electrons. The fraction of sp³-hybridized carbons (Fsp3) is 0.414. The van der Waals surface area contributed by atoms with Crippen LogP contribution in [0.15, 0.2) is 42.5 Å². The summed E-state index contributed by atoms with van der Waals surface area (Å²) in [5, 5.41) is 19.0. The van der Waals surface area contributed by atoms with Crippen LogP contribution in [-0.4, -0.2) is 96.8 Å². The number of methoxy groups -OCH3 is 1. The number of aryl methyl sites for hydroxylation is 1. The zero-order valence-corrected chi connectivity index (χ0v) is 24.1. The minimum Gasteiger partial charge on any atom is -0.491 e. The van der Waals surface area contributed by atoms with E-state index in [2.05, 4.69) is 31.4 Å². The lowest BCUT2D eigenvalue weighted by atomic mass is 10.0. The maximum absolute atomic E-state index is 13.1. The summed E-state index contributed by atoms with van der Waals surface area (Å²) in [4.78, 5) is 40.5. The molecular weight excluding hydrogens is 558 g/mol. The highest BCUT2D eigenvalue weighted by Gasteiger charge is 2.35. The molecule has 1 saturated heterocycles. The van der Waals surface area contributed by atoms with Crippen LogP contribution in [0.1, 0.15) is 38.5 Å². The van der Waals surface area contributed by atoms with Crippen molar-refractivity contribution in [3.05, 3.63) is 65.0 Å². The van der Waals surface area contributed by atoms with Crippen molar-refractivity contribution in [3.63, 3.8) is 0 Å². The second-order valence-electron chi connectivity index (χ2n) is 10.2. The van der Waals surface area contributed by atoms with Crippen LogP contribution in [0.4, 0.5) is 4.79 Å². The minimum atomic E-state index is -0.498. The van der Waals surface area contributed by atoms with Gasteiger partial charge in [0.15, 0.2) is 5.69 Å². The molecule has 3 aromatic rings. The number of fused-ring (bicyclic) bond motifs is 5. The maximum atomic E-state index is 13.1. The topological polar surface area (TPSA) is 169 Å². The average Bonchev–Trinajstić information content (AvgIpc) is 3.43. The van der Waals surface area contributed by atoms with Crippen LogP contribution in [-0.2, 0) is 16.1 Å². The first-order valence-electron chi connectivity index (χ1n) is 14.0. The monoisotopic (exact) mass is 593 g/mol. The van der Waals surface area contributed by atoms with Crippen LogP contribution in [0, 0.1) is 6.92 Å². The molecule has 0 saturated carbocycles. The van der Waals surface area contributed by atoms with E-state index >= 15 is 0 Å². The molecule has 14 nitrogen and oxygen atoms in total. The number of benzene rings is 2. The van der Waals surface area contributed by atoms with E-state index in [1.165, 1.54) is 0 Å². The van der Waals surface area contributed by atoms with Crippen molar-refractivity contribution >= 4 is 17.8 Å². The van der Waals surface area contributed by atoms with Crippen molar-refractivity contribution in [2.24, 2.45) is 0 Å². The van der Waals surface area contributed by atoms with Crippen molar-refractivity contribution < 1.29 is 33.3 Å². The van der Waals surface area contributed by atoms with Gasteiger partial charge >= 0.3 is 6.03 Å². The molecule has 4 bridgehead atoms. The first-order valence-corrected chi connectivity index (χ1v) is 14.0. The van der Waals surface area contributed by atoms with Crippen molar-refractivity contribution in [1.82, 2.24) is 36.3 Å². The molecule has 4 amide bonds. The van der Waals surface area contributed by atoms with E-state index in [0.29, 0.717) is 54.7 Å². The normalized spacial score (nSPS) is 19.4. The molecule has 2 aliphatic heterocycles. The third kappa shape index (κ3) is 7.78. The molecule has 3 heterocycles. The van der Waals surface area contributed by atoms with Gasteiger partial charge in [0.2, 0.25) is 0 Å². The number of amides is 4. The molecule has 1 fully saturated rings. The summed E-state index contributed by atoms with van der Waals surface area (Å²) in [5.41, 5.74) is 1.94. The fourth-order valence-electron chi connectivity index (χ4n) is 4.87. The number of rotatable bonds is 5. The Labute approximate surface area is 248 Å². The summed E-state index contributed by atoms with van der Waals surface area (Å²) in [6.07, 6.45) is -0.0216. The second-order valence-corrected chi connectivity index (χ2v) is 10.2. The van der Waals surface area contributed by atoms with Gasteiger partial charge in [0.25, 0.3) is 11.8 Å². The molecular formula is C29H35N7O7. The van der Waals surface area contributed by atoms with E-state index in [0.717, 1.165) is 5.56 Å². The lowest BCUT2D eigenvalue weighted by Crippen LogP contribution is -2.58. The van der Waals surface area contributed by atoms with Gasteiger partial charge in [-0.15, -0.1) is 0 Å². The van der Waals surface area contributed by atoms with Crippen LogP contribution in [0.5, 0.6) is 17.2 Å². The van der Waals surface area contributed by atoms with E-state index in [1.807, 2.05) is 18.2 Å². The van der Waals surface area contributed by atoms with Crippen LogP contribution in [0.3, 0.4) is 0 Å². The Hall–Kier alpha value is -4.69. The summed E-state index contributed by atoms with van der Waals surface area (Å²) in [6.45, 7) is 3.66. The Morgan fingerprint density at radius 2 is 1.93 bits per heavy atom. The van der Waals surface area contributed by atoms with Gasteiger partial charge in [-0.05, 0) is 43.2 Å². The first kappa shape index (κ1) is 29.8. The maximum Gasteiger partial charge on any atom is 0.315 e. The Morgan fingerprint density at radius 1 is 1.07 bits per heavy atom. The van der Waals surface area contributed by atoms with Crippen LogP contribution < -0.4 is 25.4 Å². The van der Waals surface area contributed by atoms with Gasteiger partial charge in [-0.2, -0.15) is 15.4 Å². The summed E-state index contributed by atoms with van der Waals surface area (Å²) in [7, 11) is 1.58. The number of hydrogen-bond donors (Lipinski definition) is 4. The number of hydrogen-bond acceptors (Lipinski definition) is 9. The number of aromatic nitrogens is 3. The number of urea groups is 1. The lowest BCUT2D eigenvalue weighted by Gasteiger charge is -2.38. The third-order valence-corrected chi connectivity index (χ3v) is 7.08. The molecule has 0 radical (unpaired) electrons. The molecule has 0 unspecified atom stereocenters. The molecule has 2 aromatic carbocycles. The number of H-pyrrole nitrogens is 1. The largest absolute Gasteiger partial charge is 0.491 e. The summed E-state index contributed by atoms with van der Waals surface area (Å²) in [6, 6.07) is 11.6. The van der Waals surface area contributed by atoms with Gasteiger partial charge in [0.1, 0.15) is 23.9 Å². The number of nitrogens with zero attached hydrogens (tertiary/aromatic N) is 3. The second kappa shape index (κ2) is 14.0. The highest BCUT2D eigenvalue weighted by Crippen LogP contribution is 2.29. The zero-order chi connectivity index (χ0) is 30.2. The van der Waals surface area contributed by atoms with Gasteiger partial charge in [0.05, 0.1) is 31.1 Å². The predicted molar refractivity (Wildman–Crippen MR) is 153 cm³/mol. The third-order valence-electron chi connectivity index (χ3n) is 7.08. The first-order chi connectivity index (χ1) is 20.9. The van der Waals surface area contributed by atoms with Gasteiger partial charge in [0, 0.05) is 44.9 Å². The molecule has 5 rings (SSSR count). The molecule has 0 aliphatic carbocycles. The number of aromatic amines is 1. The molecule has 14 heteroatoms. The highest BCUT2D eigenvalue weighted by molar-refractivity contribution is 5.95. The molecule has 43 heavy (non-hydrogen) atoms. The molecule has 2 aliphatic rings. The van der Waals surface area contributed by atoms with E-state index in [4.69, 9.17) is 18.9 Å². The molecule has 0 spiro atoms. The van der Waals surface area contributed by atoms with Crippen molar-refractivity contribution in [2.75, 3.05) is 46.5 Å². The fourth-order valence-corrected chi connectivity index (χ4v) is 4.87. The number of nitrogens with one attached hydrogen (secondary N) is 4. The number of ether oxygens (including phenoxy) is 4. The Bertz CT molecular complexity index is 1450. The van der Waals surface area contributed by atoms with Crippen LogP contribution in [0.2, 0.25) is 0 Å². The Kier molecular flexibility index (Phi) is 9.69. The summed E-state index contributed by atoms with van der Waals surface area (Å²) in [5.74, 6) is 0.817. The van der Waals surface area contributed by atoms with Crippen LogP contribution in [0.25, 0.3) is 0 Å². The smallest absolute Gasteiger partial charge is 0.315 e. The molecule has 4 N–H and O–H groups in total. The molecule has 1 aromatic heterocycles. The van der Waals surface area contributed by atoms with Crippen molar-refractivity contribution in [2.45, 2.75) is 32.1 Å². The van der Waals surface area contributed by atoms with Crippen molar-refractivity contribution in [1.29, 1.82) is 0 Å². The van der Waals surface area contributed by atoms with Gasteiger partial charge in [-0.25, -0.2) is 4.79 Å². The van der Waals surface area contributed by atoms with E-state index in [9.17, 15) is 14.4 Å². The Morgan fingerprint density at radius 3 is 2.74 bits per heavy atom. The standard InChI is InChI=1S/C29H35N7O7/c1-18-26(34-35-33-18)28(38)36-9-6-24-25(16-36)42-17-19-4-3-5-21(12-19)43-23-14-20(13-22(15-23)41-11-10-40-2)27(37)30-7-8-31-29(39)32-24/h3-5,12-15,24-25H,6-11,16-17H2,1-2H3,(H,30,37)(H2,31,32,39)(H,33,34,35)/t24-,25-/m0/s1. The Balaban J connectivity index is 1.37. The van der Waals surface area contributed by atoms with Gasteiger partial charge in [-0.3, -0.25) is 9.59 Å². The highest BCUT2D eigenvalue weighted by atomic mass is 16.5. The summed E-state index contributed by atoms with van der Waals surface area (Å²) < 4.78 is 23.3. The number of likely N-dealkylation sites (tertiary alicyclic amines) is 1. The predicted octanol–water partition coefficient (Wildman–Crippen LogP) is 1.77. The zero-order valence-electron chi connectivity index (χ0n) is 24.1.